The van der Waals surface area contributed by atoms with E-state index >= 15 is 0 Å². The Morgan fingerprint density at radius 1 is 1.16 bits per heavy atom. The predicted molar refractivity (Wildman–Crippen MR) is 119 cm³/mol. The van der Waals surface area contributed by atoms with Gasteiger partial charge in [-0.25, -0.2) is 14.8 Å². The Hall–Kier alpha value is -2.87. The van der Waals surface area contributed by atoms with Crippen LogP contribution in [0.4, 0.5) is 5.82 Å². The molecule has 1 aromatic carbocycles. The van der Waals surface area contributed by atoms with Crippen LogP contribution >= 0.6 is 0 Å². The molecule has 168 valence electrons. The van der Waals surface area contributed by atoms with Crippen LogP contribution in [0.1, 0.15) is 42.7 Å². The number of nitrogens with zero attached hydrogens (tertiary/aromatic N) is 3. The molecule has 0 atom stereocenters. The molecular weight excluding hydrogens is 396 g/mol. The number of methoxy groups -OCH3 is 2. The number of esters is 1. The minimum atomic E-state index is -0.491. The van der Waals surface area contributed by atoms with Gasteiger partial charge in [-0.05, 0) is 49.5 Å². The Morgan fingerprint density at radius 3 is 2.55 bits per heavy atom. The topological polar surface area (TPSA) is 85.8 Å². The fourth-order valence-corrected chi connectivity index (χ4v) is 3.58. The fourth-order valence-electron chi connectivity index (χ4n) is 3.58. The molecule has 8 heteroatoms. The van der Waals surface area contributed by atoms with Crippen LogP contribution in [0.2, 0.25) is 0 Å². The van der Waals surface area contributed by atoms with Gasteiger partial charge in [-0.15, -0.1) is 0 Å². The lowest BCUT2D eigenvalue weighted by atomic mass is 10.0. The standard InChI is InChI=1S/C23H32N4O4/c1-16(2)15-31-21-11-17(5-6-20(21)29-3)14-27(18-7-9-24-10-8-18)22-13-25-19(12-26-22)23(28)30-4/h5-6,11-13,16,18,24H,7-10,14-15H2,1-4H3. The minimum Gasteiger partial charge on any atom is -0.493 e. The molecule has 0 amide bonds. The molecule has 8 nitrogen and oxygen atoms in total. The Balaban J connectivity index is 1.86. The summed E-state index contributed by atoms with van der Waals surface area (Å²) in [4.78, 5) is 22.8. The van der Waals surface area contributed by atoms with E-state index in [1.54, 1.807) is 13.3 Å². The number of hydrogen-bond donors (Lipinski definition) is 1. The first kappa shape index (κ1) is 22.8. The molecule has 1 fully saturated rings. The Bertz CT molecular complexity index is 851. The summed E-state index contributed by atoms with van der Waals surface area (Å²) in [6, 6.07) is 6.34. The van der Waals surface area contributed by atoms with Crippen molar-refractivity contribution < 1.29 is 19.0 Å². The first-order chi connectivity index (χ1) is 15.0. The highest BCUT2D eigenvalue weighted by Gasteiger charge is 2.24. The van der Waals surface area contributed by atoms with Crippen molar-refractivity contribution in [3.63, 3.8) is 0 Å². The van der Waals surface area contributed by atoms with Crippen LogP contribution in [0.5, 0.6) is 11.5 Å². The van der Waals surface area contributed by atoms with Crippen molar-refractivity contribution in [3.8, 4) is 11.5 Å². The van der Waals surface area contributed by atoms with E-state index in [2.05, 4.69) is 34.0 Å². The maximum atomic E-state index is 11.7. The zero-order valence-corrected chi connectivity index (χ0v) is 18.8. The van der Waals surface area contributed by atoms with Gasteiger partial charge < -0.3 is 24.4 Å². The number of hydrogen-bond acceptors (Lipinski definition) is 8. The van der Waals surface area contributed by atoms with Crippen LogP contribution in [0.3, 0.4) is 0 Å². The van der Waals surface area contributed by atoms with E-state index in [9.17, 15) is 4.79 Å². The van der Waals surface area contributed by atoms with E-state index in [0.717, 1.165) is 48.8 Å². The number of carbonyl (C=O) groups excluding carboxylic acids is 1. The van der Waals surface area contributed by atoms with Crippen LogP contribution in [0.15, 0.2) is 30.6 Å². The van der Waals surface area contributed by atoms with E-state index < -0.39 is 5.97 Å². The molecule has 1 N–H and O–H groups in total. The van der Waals surface area contributed by atoms with Crippen molar-refractivity contribution in [3.05, 3.63) is 41.9 Å². The summed E-state index contributed by atoms with van der Waals surface area (Å²) in [5, 5.41) is 3.41. The van der Waals surface area contributed by atoms with Crippen LogP contribution < -0.4 is 19.7 Å². The second kappa shape index (κ2) is 10.9. The lowest BCUT2D eigenvalue weighted by Gasteiger charge is -2.35. The molecule has 0 unspecified atom stereocenters. The van der Waals surface area contributed by atoms with Crippen LogP contribution in [0.25, 0.3) is 0 Å². The second-order valence-electron chi connectivity index (χ2n) is 8.05. The molecule has 1 aromatic heterocycles. The number of anilines is 1. The van der Waals surface area contributed by atoms with E-state index in [0.29, 0.717) is 25.1 Å². The van der Waals surface area contributed by atoms with E-state index in [4.69, 9.17) is 14.2 Å². The summed E-state index contributed by atoms with van der Waals surface area (Å²) in [6.07, 6.45) is 5.13. The van der Waals surface area contributed by atoms with Gasteiger partial charge in [0.05, 0.1) is 33.2 Å². The number of ether oxygens (including phenoxy) is 3. The van der Waals surface area contributed by atoms with Crippen molar-refractivity contribution in [2.75, 3.05) is 38.8 Å². The third-order valence-corrected chi connectivity index (χ3v) is 5.23. The highest BCUT2D eigenvalue weighted by atomic mass is 16.5. The summed E-state index contributed by atoms with van der Waals surface area (Å²) in [5.74, 6) is 2.13. The lowest BCUT2D eigenvalue weighted by Crippen LogP contribution is -2.43. The second-order valence-corrected chi connectivity index (χ2v) is 8.05. The SMILES string of the molecule is COC(=O)c1cnc(N(Cc2ccc(OC)c(OCC(C)C)c2)C2CCNCC2)cn1. The predicted octanol–water partition coefficient (Wildman–Crippen LogP) is 3.07. The monoisotopic (exact) mass is 428 g/mol. The van der Waals surface area contributed by atoms with E-state index in [-0.39, 0.29) is 5.69 Å². The average Bonchev–Trinajstić information content (AvgIpc) is 2.81. The zero-order valence-electron chi connectivity index (χ0n) is 18.8. The summed E-state index contributed by atoms with van der Waals surface area (Å²) >= 11 is 0. The van der Waals surface area contributed by atoms with Gasteiger partial charge in [0, 0.05) is 12.6 Å². The number of benzene rings is 1. The largest absolute Gasteiger partial charge is 0.493 e. The van der Waals surface area contributed by atoms with Crippen molar-refractivity contribution >= 4 is 11.8 Å². The molecule has 0 bridgehead atoms. The van der Waals surface area contributed by atoms with Crippen molar-refractivity contribution in [1.29, 1.82) is 0 Å². The smallest absolute Gasteiger partial charge is 0.358 e. The molecule has 2 heterocycles. The number of carbonyl (C=O) groups is 1. The van der Waals surface area contributed by atoms with Crippen LogP contribution in [0, 0.1) is 5.92 Å². The lowest BCUT2D eigenvalue weighted by molar-refractivity contribution is 0.0593. The van der Waals surface area contributed by atoms with Gasteiger partial charge in [0.2, 0.25) is 0 Å². The van der Waals surface area contributed by atoms with Gasteiger partial charge >= 0.3 is 5.97 Å². The Labute approximate surface area is 183 Å². The summed E-state index contributed by atoms with van der Waals surface area (Å²) in [7, 11) is 2.99. The molecule has 31 heavy (non-hydrogen) atoms. The van der Waals surface area contributed by atoms with Gasteiger partial charge in [0.15, 0.2) is 17.2 Å². The first-order valence-corrected chi connectivity index (χ1v) is 10.7. The molecule has 1 aliphatic rings. The molecule has 0 radical (unpaired) electrons. The highest BCUT2D eigenvalue weighted by Crippen LogP contribution is 2.30. The number of rotatable bonds is 9. The van der Waals surface area contributed by atoms with Crippen molar-refractivity contribution in [1.82, 2.24) is 15.3 Å². The van der Waals surface area contributed by atoms with E-state index in [1.165, 1.54) is 13.3 Å². The molecule has 1 saturated heterocycles. The van der Waals surface area contributed by atoms with Gasteiger partial charge in [-0.1, -0.05) is 19.9 Å². The van der Waals surface area contributed by atoms with Gasteiger partial charge in [-0.3, -0.25) is 0 Å². The third-order valence-electron chi connectivity index (χ3n) is 5.23. The van der Waals surface area contributed by atoms with Gasteiger partial charge in [-0.2, -0.15) is 0 Å². The van der Waals surface area contributed by atoms with Gasteiger partial charge in [0.1, 0.15) is 5.82 Å². The molecule has 0 aliphatic carbocycles. The van der Waals surface area contributed by atoms with Crippen molar-refractivity contribution in [2.45, 2.75) is 39.3 Å². The molecule has 2 aromatic rings. The van der Waals surface area contributed by atoms with E-state index in [1.807, 2.05) is 18.2 Å². The van der Waals surface area contributed by atoms with Crippen LogP contribution in [-0.4, -0.2) is 55.9 Å². The maximum absolute atomic E-state index is 11.7. The third kappa shape index (κ3) is 6.07. The number of piperidine rings is 1. The molecule has 0 saturated carbocycles. The first-order valence-electron chi connectivity index (χ1n) is 10.7. The molecule has 0 spiro atoms. The van der Waals surface area contributed by atoms with Crippen LogP contribution in [-0.2, 0) is 11.3 Å². The Morgan fingerprint density at radius 2 is 1.94 bits per heavy atom. The molecule has 3 rings (SSSR count). The number of nitrogens with one attached hydrogen (secondary N) is 1. The van der Waals surface area contributed by atoms with Crippen molar-refractivity contribution in [2.24, 2.45) is 5.92 Å². The maximum Gasteiger partial charge on any atom is 0.358 e. The summed E-state index contributed by atoms with van der Waals surface area (Å²) in [5.41, 5.74) is 1.29. The Kier molecular flexibility index (Phi) is 8.06. The minimum absolute atomic E-state index is 0.199. The molecular formula is C23H32N4O4. The fraction of sp³-hybridized carbons (Fsp3) is 0.522. The quantitative estimate of drug-likeness (QED) is 0.610. The average molecular weight is 429 g/mol. The normalized spacial score (nSPS) is 14.4. The summed E-state index contributed by atoms with van der Waals surface area (Å²) in [6.45, 7) is 7.43. The highest BCUT2D eigenvalue weighted by molar-refractivity contribution is 5.86. The zero-order chi connectivity index (χ0) is 22.2. The molecule has 1 aliphatic heterocycles. The number of aromatic nitrogens is 2. The summed E-state index contributed by atoms with van der Waals surface area (Å²) < 4.78 is 16.2. The van der Waals surface area contributed by atoms with Gasteiger partial charge in [0.25, 0.3) is 0 Å².